The molecule has 0 aromatic rings. The monoisotopic (exact) mass is 310 g/mol. The van der Waals surface area contributed by atoms with Gasteiger partial charge in [-0.1, -0.05) is 0 Å². The highest BCUT2D eigenvalue weighted by atomic mass is 16.5. The molecule has 1 atom stereocenters. The first-order valence-corrected chi connectivity index (χ1v) is 8.07. The van der Waals surface area contributed by atoms with Gasteiger partial charge in [-0.3, -0.25) is 9.69 Å². The van der Waals surface area contributed by atoms with Crippen molar-refractivity contribution in [2.75, 3.05) is 45.9 Å². The topological polar surface area (TPSA) is 65.1 Å². The summed E-state index contributed by atoms with van der Waals surface area (Å²) in [7, 11) is 0. The molecule has 3 aliphatic heterocycles. The summed E-state index contributed by atoms with van der Waals surface area (Å²) in [6, 6.07) is 0.382. The van der Waals surface area contributed by atoms with E-state index in [9.17, 15) is 9.59 Å². The van der Waals surface area contributed by atoms with Crippen LogP contribution in [0.1, 0.15) is 20.8 Å². The molecule has 0 aromatic carbocycles. The summed E-state index contributed by atoms with van der Waals surface area (Å²) >= 11 is 0. The number of nitrogens with one attached hydrogen (secondary N) is 1. The molecule has 0 saturated carbocycles. The van der Waals surface area contributed by atoms with Crippen molar-refractivity contribution in [3.05, 3.63) is 0 Å². The molecule has 1 spiro atoms. The number of carbonyl (C=O) groups is 2. The van der Waals surface area contributed by atoms with Crippen molar-refractivity contribution in [3.63, 3.8) is 0 Å². The molecule has 3 amide bonds. The Morgan fingerprint density at radius 1 is 1.23 bits per heavy atom. The number of amides is 3. The number of hydrogen-bond donors (Lipinski definition) is 1. The number of fused-ring (bicyclic) bond motifs is 2. The van der Waals surface area contributed by atoms with Crippen molar-refractivity contribution in [2.45, 2.75) is 38.4 Å². The fraction of sp³-hybridized carbons (Fsp3) is 0.867. The van der Waals surface area contributed by atoms with Crippen LogP contribution in [0, 0.1) is 0 Å². The summed E-state index contributed by atoms with van der Waals surface area (Å²) in [5.41, 5.74) is -0.0906. The van der Waals surface area contributed by atoms with Crippen molar-refractivity contribution >= 4 is 11.9 Å². The third-order valence-electron chi connectivity index (χ3n) is 4.87. The highest BCUT2D eigenvalue weighted by Crippen LogP contribution is 2.35. The number of likely N-dealkylation sites (tertiary alicyclic amines) is 1. The molecular formula is C15H26N4O3. The maximum absolute atomic E-state index is 12.1. The minimum atomic E-state index is -0.0906. The second-order valence-corrected chi connectivity index (χ2v) is 7.01. The van der Waals surface area contributed by atoms with Crippen molar-refractivity contribution in [1.29, 1.82) is 0 Å². The third kappa shape index (κ3) is 2.67. The lowest BCUT2D eigenvalue weighted by Gasteiger charge is -2.63. The largest absolute Gasteiger partial charge is 0.378 e. The Balaban J connectivity index is 1.71. The first kappa shape index (κ1) is 15.6. The fourth-order valence-electron chi connectivity index (χ4n) is 3.86. The number of urea groups is 1. The van der Waals surface area contributed by atoms with Crippen LogP contribution < -0.4 is 5.32 Å². The molecule has 0 bridgehead atoms. The fourth-order valence-corrected chi connectivity index (χ4v) is 3.86. The Hall–Kier alpha value is -1.34. The lowest BCUT2D eigenvalue weighted by Crippen LogP contribution is -2.81. The van der Waals surface area contributed by atoms with Crippen molar-refractivity contribution < 1.29 is 14.3 Å². The SMILES string of the molecule is CC(=O)N1C[C@@H]2COCCN2C2(C1)CN(C(=O)NC(C)C)C2. The number of morpholine rings is 1. The molecule has 3 heterocycles. The molecule has 0 radical (unpaired) electrons. The van der Waals surface area contributed by atoms with Gasteiger partial charge in [-0.15, -0.1) is 0 Å². The van der Waals surface area contributed by atoms with E-state index in [1.807, 2.05) is 23.6 Å². The molecule has 7 heteroatoms. The van der Waals surface area contributed by atoms with Crippen LogP contribution in [0.15, 0.2) is 0 Å². The van der Waals surface area contributed by atoms with E-state index in [2.05, 4.69) is 10.2 Å². The molecule has 7 nitrogen and oxygen atoms in total. The molecule has 1 N–H and O–H groups in total. The molecule has 3 fully saturated rings. The third-order valence-corrected chi connectivity index (χ3v) is 4.87. The van der Waals surface area contributed by atoms with Gasteiger partial charge in [0.05, 0.1) is 24.8 Å². The van der Waals surface area contributed by atoms with Crippen LogP contribution in [0.4, 0.5) is 4.79 Å². The zero-order valence-corrected chi connectivity index (χ0v) is 13.7. The van der Waals surface area contributed by atoms with Crippen LogP contribution in [0.3, 0.4) is 0 Å². The van der Waals surface area contributed by atoms with Gasteiger partial charge in [0.2, 0.25) is 5.91 Å². The average molecular weight is 310 g/mol. The van der Waals surface area contributed by atoms with Crippen LogP contribution in [0.5, 0.6) is 0 Å². The minimum absolute atomic E-state index is 0.00890. The van der Waals surface area contributed by atoms with E-state index in [1.165, 1.54) is 0 Å². The zero-order valence-electron chi connectivity index (χ0n) is 13.7. The second-order valence-electron chi connectivity index (χ2n) is 7.01. The van der Waals surface area contributed by atoms with E-state index < -0.39 is 0 Å². The second kappa shape index (κ2) is 5.70. The van der Waals surface area contributed by atoms with Crippen LogP contribution in [-0.2, 0) is 9.53 Å². The summed E-state index contributed by atoms with van der Waals surface area (Å²) in [5, 5.41) is 2.94. The van der Waals surface area contributed by atoms with Crippen LogP contribution in [0.2, 0.25) is 0 Å². The van der Waals surface area contributed by atoms with E-state index in [-0.39, 0.29) is 29.6 Å². The quantitative estimate of drug-likeness (QED) is 0.724. The van der Waals surface area contributed by atoms with Gasteiger partial charge in [0.25, 0.3) is 0 Å². The van der Waals surface area contributed by atoms with Crippen LogP contribution in [0.25, 0.3) is 0 Å². The number of piperazine rings is 1. The summed E-state index contributed by atoms with van der Waals surface area (Å²) in [5.74, 6) is 0.106. The molecule has 3 saturated heterocycles. The van der Waals surface area contributed by atoms with Crippen molar-refractivity contribution in [3.8, 4) is 0 Å². The standard InChI is InChI=1S/C15H26N4O3/c1-11(2)16-14(21)18-9-15(10-18)8-17(12(3)20)6-13-7-22-5-4-19(13)15/h11,13H,4-10H2,1-3H3,(H,16,21)/t13-/m1/s1. The number of ether oxygens (including phenoxy) is 1. The number of nitrogens with zero attached hydrogens (tertiary/aromatic N) is 3. The van der Waals surface area contributed by atoms with Gasteiger partial charge in [-0.05, 0) is 13.8 Å². The Morgan fingerprint density at radius 2 is 1.91 bits per heavy atom. The summed E-state index contributed by atoms with van der Waals surface area (Å²) < 4.78 is 5.58. The first-order valence-electron chi connectivity index (χ1n) is 8.07. The Bertz CT molecular complexity index is 462. The van der Waals surface area contributed by atoms with Gasteiger partial charge < -0.3 is 19.9 Å². The van der Waals surface area contributed by atoms with E-state index in [1.54, 1.807) is 6.92 Å². The van der Waals surface area contributed by atoms with Gasteiger partial charge in [-0.25, -0.2) is 4.79 Å². The normalized spacial score (nSPS) is 27.5. The maximum atomic E-state index is 12.1. The Kier molecular flexibility index (Phi) is 4.03. The lowest BCUT2D eigenvalue weighted by molar-refractivity contribution is -0.166. The molecule has 3 rings (SSSR count). The van der Waals surface area contributed by atoms with Gasteiger partial charge in [0, 0.05) is 45.7 Å². The number of rotatable bonds is 1. The maximum Gasteiger partial charge on any atom is 0.317 e. The molecule has 0 aromatic heterocycles. The average Bonchev–Trinajstić information content (AvgIpc) is 2.42. The van der Waals surface area contributed by atoms with Crippen molar-refractivity contribution in [2.24, 2.45) is 0 Å². The van der Waals surface area contributed by atoms with Gasteiger partial charge in [0.15, 0.2) is 0 Å². The van der Waals surface area contributed by atoms with E-state index in [4.69, 9.17) is 4.74 Å². The summed E-state index contributed by atoms with van der Waals surface area (Å²) in [6.07, 6.45) is 0. The van der Waals surface area contributed by atoms with Gasteiger partial charge in [-0.2, -0.15) is 0 Å². The molecule has 0 aliphatic carbocycles. The van der Waals surface area contributed by atoms with Crippen LogP contribution in [-0.4, -0.2) is 90.2 Å². The Labute approximate surface area is 131 Å². The van der Waals surface area contributed by atoms with Crippen molar-refractivity contribution in [1.82, 2.24) is 20.0 Å². The number of carbonyl (C=O) groups excluding carboxylic acids is 2. The zero-order chi connectivity index (χ0) is 15.9. The highest BCUT2D eigenvalue weighted by molar-refractivity contribution is 5.76. The molecule has 22 heavy (non-hydrogen) atoms. The predicted octanol–water partition coefficient (Wildman–Crippen LogP) is -0.278. The smallest absolute Gasteiger partial charge is 0.317 e. The number of hydrogen-bond acceptors (Lipinski definition) is 4. The molecular weight excluding hydrogens is 284 g/mol. The van der Waals surface area contributed by atoms with E-state index in [0.29, 0.717) is 26.2 Å². The first-order chi connectivity index (χ1) is 10.4. The Morgan fingerprint density at radius 3 is 2.55 bits per heavy atom. The molecule has 124 valence electrons. The molecule has 3 aliphatic rings. The van der Waals surface area contributed by atoms with Crippen LogP contribution >= 0.6 is 0 Å². The van der Waals surface area contributed by atoms with E-state index in [0.717, 1.165) is 19.7 Å². The predicted molar refractivity (Wildman–Crippen MR) is 81.5 cm³/mol. The lowest BCUT2D eigenvalue weighted by atomic mass is 9.82. The molecule has 0 unspecified atom stereocenters. The minimum Gasteiger partial charge on any atom is -0.378 e. The van der Waals surface area contributed by atoms with E-state index >= 15 is 0 Å². The summed E-state index contributed by atoms with van der Waals surface area (Å²) in [4.78, 5) is 30.2. The van der Waals surface area contributed by atoms with Gasteiger partial charge in [0.1, 0.15) is 0 Å². The highest BCUT2D eigenvalue weighted by Gasteiger charge is 2.55. The summed E-state index contributed by atoms with van der Waals surface area (Å²) in [6.45, 7) is 10.6. The van der Waals surface area contributed by atoms with Gasteiger partial charge >= 0.3 is 6.03 Å².